The number of hydrogen-bond donors (Lipinski definition) is 3. The van der Waals surface area contributed by atoms with Crippen molar-refractivity contribution in [3.8, 4) is 0 Å². The van der Waals surface area contributed by atoms with Gasteiger partial charge in [0.1, 0.15) is 17.5 Å². The van der Waals surface area contributed by atoms with Gasteiger partial charge in [-0.05, 0) is 31.5 Å². The predicted octanol–water partition coefficient (Wildman–Crippen LogP) is 2.24. The van der Waals surface area contributed by atoms with Crippen LogP contribution in [0.25, 0.3) is 0 Å². The quantitative estimate of drug-likeness (QED) is 0.556. The van der Waals surface area contributed by atoms with Crippen LogP contribution in [0.5, 0.6) is 0 Å². The first kappa shape index (κ1) is 20.7. The number of aliphatic hydroxyl groups excluding tert-OH is 1. The van der Waals surface area contributed by atoms with Gasteiger partial charge in [0.2, 0.25) is 11.9 Å². The van der Waals surface area contributed by atoms with Crippen LogP contribution in [0.4, 0.5) is 21.8 Å². The van der Waals surface area contributed by atoms with Crippen molar-refractivity contribution in [1.82, 2.24) is 19.7 Å². The van der Waals surface area contributed by atoms with Gasteiger partial charge in [-0.15, -0.1) is 0 Å². The number of fused-ring (bicyclic) bond motifs is 1. The molecule has 0 bridgehead atoms. The van der Waals surface area contributed by atoms with Crippen LogP contribution in [-0.4, -0.2) is 43.9 Å². The number of rotatable bonds is 6. The van der Waals surface area contributed by atoms with Crippen LogP contribution in [0.1, 0.15) is 29.8 Å². The van der Waals surface area contributed by atoms with Crippen molar-refractivity contribution in [2.75, 3.05) is 22.6 Å². The van der Waals surface area contributed by atoms with Crippen LogP contribution in [0, 0.1) is 12.7 Å². The third-order valence-corrected chi connectivity index (χ3v) is 5.37. The standard InChI is InChI=1S/C21H24FN7O2/c1-12-18-19(28(3)13(2)20(31)26-18)27-21(25-12)23-8-14-9-24-29(10-14)11-17(30)15-4-6-16(22)7-5-15/h4-7,9-10,13,17,30H,8,11H2,1-3H3,(H,26,31)(H,23,25,27)/t13-,17-/m0/s1. The molecular formula is C21H24FN7O2. The molecule has 31 heavy (non-hydrogen) atoms. The minimum absolute atomic E-state index is 0.0855. The SMILES string of the molecule is Cc1nc(NCc2cnn(C[C@H](O)c3ccc(F)cc3)c2)nc2c1NC(=O)[C@H](C)N2C. The fourth-order valence-electron chi connectivity index (χ4n) is 3.37. The monoisotopic (exact) mass is 425 g/mol. The topological polar surface area (TPSA) is 108 Å². The van der Waals surface area contributed by atoms with Crippen molar-refractivity contribution in [1.29, 1.82) is 0 Å². The van der Waals surface area contributed by atoms with Crippen molar-refractivity contribution < 1.29 is 14.3 Å². The zero-order valence-corrected chi connectivity index (χ0v) is 17.5. The zero-order chi connectivity index (χ0) is 22.1. The Balaban J connectivity index is 1.41. The van der Waals surface area contributed by atoms with E-state index in [1.165, 1.54) is 12.1 Å². The lowest BCUT2D eigenvalue weighted by atomic mass is 10.1. The maximum Gasteiger partial charge on any atom is 0.246 e. The highest BCUT2D eigenvalue weighted by molar-refractivity contribution is 6.03. The van der Waals surface area contributed by atoms with Gasteiger partial charge >= 0.3 is 0 Å². The third-order valence-electron chi connectivity index (χ3n) is 5.37. The second-order valence-corrected chi connectivity index (χ2v) is 7.60. The molecule has 1 aromatic carbocycles. The van der Waals surface area contributed by atoms with Gasteiger partial charge in [0.15, 0.2) is 5.82 Å². The summed E-state index contributed by atoms with van der Waals surface area (Å²) >= 11 is 0. The van der Waals surface area contributed by atoms with Crippen LogP contribution in [0.3, 0.4) is 0 Å². The molecule has 2 atom stereocenters. The number of carbonyl (C=O) groups is 1. The van der Waals surface area contributed by atoms with Crippen LogP contribution in [-0.2, 0) is 17.9 Å². The van der Waals surface area contributed by atoms with Gasteiger partial charge in [-0.3, -0.25) is 9.48 Å². The van der Waals surface area contributed by atoms with E-state index in [2.05, 4.69) is 25.7 Å². The lowest BCUT2D eigenvalue weighted by Gasteiger charge is -2.32. The van der Waals surface area contributed by atoms with E-state index in [0.29, 0.717) is 35.3 Å². The summed E-state index contributed by atoms with van der Waals surface area (Å²) in [5.74, 6) is 0.689. The van der Waals surface area contributed by atoms with E-state index in [1.807, 2.05) is 32.0 Å². The van der Waals surface area contributed by atoms with Crippen molar-refractivity contribution >= 4 is 23.4 Å². The molecule has 1 aliphatic heterocycles. The van der Waals surface area contributed by atoms with Gasteiger partial charge in [0.25, 0.3) is 0 Å². The number of anilines is 3. The lowest BCUT2D eigenvalue weighted by molar-refractivity contribution is -0.117. The number of likely N-dealkylation sites (N-methyl/N-ethyl adjacent to an activating group) is 1. The molecule has 1 aliphatic rings. The Morgan fingerprint density at radius 3 is 2.77 bits per heavy atom. The molecule has 0 aliphatic carbocycles. The maximum absolute atomic E-state index is 13.0. The molecule has 0 unspecified atom stereocenters. The summed E-state index contributed by atoms with van der Waals surface area (Å²) in [4.78, 5) is 22.8. The summed E-state index contributed by atoms with van der Waals surface area (Å²) in [5.41, 5.74) is 2.82. The molecule has 1 amide bonds. The summed E-state index contributed by atoms with van der Waals surface area (Å²) in [7, 11) is 1.83. The summed E-state index contributed by atoms with van der Waals surface area (Å²) in [5, 5.41) is 20.7. The molecule has 2 aromatic heterocycles. The van der Waals surface area contributed by atoms with E-state index in [-0.39, 0.29) is 24.3 Å². The number of aromatic nitrogens is 4. The number of aryl methyl sites for hydroxylation is 1. The molecule has 4 rings (SSSR count). The lowest BCUT2D eigenvalue weighted by Crippen LogP contribution is -2.44. The molecule has 3 aromatic rings. The second kappa shape index (κ2) is 8.31. The van der Waals surface area contributed by atoms with E-state index < -0.39 is 6.10 Å². The summed E-state index contributed by atoms with van der Waals surface area (Å²) in [6, 6.07) is 5.44. The third kappa shape index (κ3) is 4.33. The van der Waals surface area contributed by atoms with Gasteiger partial charge in [0, 0.05) is 25.4 Å². The summed E-state index contributed by atoms with van der Waals surface area (Å²) < 4.78 is 14.7. The number of aliphatic hydroxyl groups is 1. The fraction of sp³-hybridized carbons (Fsp3) is 0.333. The number of benzene rings is 1. The molecule has 3 heterocycles. The first-order valence-corrected chi connectivity index (χ1v) is 9.93. The Morgan fingerprint density at radius 2 is 2.03 bits per heavy atom. The Bertz CT molecular complexity index is 1100. The number of halogens is 1. The number of carbonyl (C=O) groups excluding carboxylic acids is 1. The van der Waals surface area contributed by atoms with Gasteiger partial charge in [-0.25, -0.2) is 9.37 Å². The maximum atomic E-state index is 13.0. The molecule has 10 heteroatoms. The fourth-order valence-corrected chi connectivity index (χ4v) is 3.37. The molecule has 0 fully saturated rings. The van der Waals surface area contributed by atoms with Crippen molar-refractivity contribution in [2.45, 2.75) is 39.1 Å². The average Bonchev–Trinajstić information content (AvgIpc) is 3.19. The van der Waals surface area contributed by atoms with E-state index in [0.717, 1.165) is 5.56 Å². The van der Waals surface area contributed by atoms with Crippen LogP contribution < -0.4 is 15.5 Å². The van der Waals surface area contributed by atoms with E-state index in [9.17, 15) is 14.3 Å². The first-order chi connectivity index (χ1) is 14.8. The summed E-state index contributed by atoms with van der Waals surface area (Å²) in [6.07, 6.45) is 2.73. The highest BCUT2D eigenvalue weighted by Crippen LogP contribution is 2.32. The minimum Gasteiger partial charge on any atom is -0.386 e. The Labute approximate surface area is 178 Å². The highest BCUT2D eigenvalue weighted by atomic mass is 19.1. The molecule has 3 N–H and O–H groups in total. The molecule has 9 nitrogen and oxygen atoms in total. The van der Waals surface area contributed by atoms with E-state index >= 15 is 0 Å². The zero-order valence-electron chi connectivity index (χ0n) is 17.5. The number of hydrogen-bond acceptors (Lipinski definition) is 7. The van der Waals surface area contributed by atoms with Crippen molar-refractivity contribution in [2.24, 2.45) is 0 Å². The Hall–Kier alpha value is -3.53. The number of nitrogens with one attached hydrogen (secondary N) is 2. The molecule has 0 saturated heterocycles. The molecular weight excluding hydrogens is 401 g/mol. The molecule has 0 saturated carbocycles. The van der Waals surface area contributed by atoms with E-state index in [4.69, 9.17) is 0 Å². The average molecular weight is 425 g/mol. The van der Waals surface area contributed by atoms with E-state index in [1.54, 1.807) is 23.0 Å². The second-order valence-electron chi connectivity index (χ2n) is 7.60. The van der Waals surface area contributed by atoms with Crippen LogP contribution in [0.2, 0.25) is 0 Å². The van der Waals surface area contributed by atoms with Crippen LogP contribution in [0.15, 0.2) is 36.7 Å². The predicted molar refractivity (Wildman–Crippen MR) is 114 cm³/mol. The number of amides is 1. The van der Waals surface area contributed by atoms with Gasteiger partial charge < -0.3 is 20.6 Å². The van der Waals surface area contributed by atoms with Gasteiger partial charge in [-0.2, -0.15) is 10.1 Å². The minimum atomic E-state index is -0.791. The molecule has 0 radical (unpaired) electrons. The van der Waals surface area contributed by atoms with Crippen molar-refractivity contribution in [3.05, 3.63) is 59.3 Å². The molecule has 162 valence electrons. The number of nitrogens with zero attached hydrogens (tertiary/aromatic N) is 5. The Morgan fingerprint density at radius 1 is 1.29 bits per heavy atom. The Kier molecular flexibility index (Phi) is 5.55. The normalized spacial score (nSPS) is 16.6. The van der Waals surface area contributed by atoms with Crippen LogP contribution >= 0.6 is 0 Å². The van der Waals surface area contributed by atoms with Gasteiger partial charge in [-0.1, -0.05) is 12.1 Å². The highest BCUT2D eigenvalue weighted by Gasteiger charge is 2.30. The smallest absolute Gasteiger partial charge is 0.246 e. The first-order valence-electron chi connectivity index (χ1n) is 9.93. The molecule has 0 spiro atoms. The summed E-state index contributed by atoms with van der Waals surface area (Å²) in [6.45, 7) is 4.33. The van der Waals surface area contributed by atoms with Crippen molar-refractivity contribution in [3.63, 3.8) is 0 Å². The van der Waals surface area contributed by atoms with Gasteiger partial charge in [0.05, 0.1) is 24.5 Å². The largest absolute Gasteiger partial charge is 0.386 e.